The van der Waals surface area contributed by atoms with Crippen LogP contribution in [0.3, 0.4) is 0 Å². The highest BCUT2D eigenvalue weighted by atomic mass is 19.4. The number of nitrogens with zero attached hydrogens (tertiary/aromatic N) is 1. The Kier molecular flexibility index (Phi) is 3.87. The van der Waals surface area contributed by atoms with Gasteiger partial charge in [-0.25, -0.2) is 4.90 Å². The predicted octanol–water partition coefficient (Wildman–Crippen LogP) is 3.86. The van der Waals surface area contributed by atoms with Gasteiger partial charge in [0.15, 0.2) is 5.76 Å². The van der Waals surface area contributed by atoms with Crippen LogP contribution in [0.2, 0.25) is 0 Å². The largest absolute Gasteiger partial charge is 0.502 e. The summed E-state index contributed by atoms with van der Waals surface area (Å²) < 4.78 is 38.6. The summed E-state index contributed by atoms with van der Waals surface area (Å²) in [5.74, 6) is -2.71. The van der Waals surface area contributed by atoms with Crippen molar-refractivity contribution in [2.45, 2.75) is 13.1 Å². The maximum atomic E-state index is 12.9. The minimum Gasteiger partial charge on any atom is -0.502 e. The van der Waals surface area contributed by atoms with E-state index in [1.165, 1.54) is 6.07 Å². The molecule has 2 aromatic rings. The van der Waals surface area contributed by atoms with Gasteiger partial charge >= 0.3 is 12.1 Å². The maximum Gasteiger partial charge on any atom is 0.416 e. The number of benzene rings is 2. The zero-order valence-electron chi connectivity index (χ0n) is 13.0. The molecule has 0 unspecified atom stereocenters. The van der Waals surface area contributed by atoms with E-state index in [0.29, 0.717) is 16.5 Å². The molecule has 0 aliphatic carbocycles. The number of carbonyl (C=O) groups is 2. The fourth-order valence-electron chi connectivity index (χ4n) is 2.55. The Hall–Kier alpha value is -3.09. The number of carbonyl (C=O) groups excluding carboxylic acids is 2. The molecule has 25 heavy (non-hydrogen) atoms. The SMILES string of the molecule is Cc1ccc(C2=C(O)C(=O)N(c3cccc(C(F)(F)F)c3)C2=O)cc1. The number of aliphatic hydroxyl groups is 1. The first kappa shape index (κ1) is 16.8. The van der Waals surface area contributed by atoms with Gasteiger partial charge in [-0.05, 0) is 30.7 Å². The highest BCUT2D eigenvalue weighted by Crippen LogP contribution is 2.35. The Bertz CT molecular complexity index is 899. The molecule has 1 N–H and O–H groups in total. The Balaban J connectivity index is 2.03. The van der Waals surface area contributed by atoms with Gasteiger partial charge in [0.25, 0.3) is 5.91 Å². The number of aryl methyl sites for hydroxylation is 1. The predicted molar refractivity (Wildman–Crippen MR) is 84.7 cm³/mol. The van der Waals surface area contributed by atoms with Gasteiger partial charge in [0.05, 0.1) is 16.8 Å². The normalized spacial score (nSPS) is 15.3. The average molecular weight is 347 g/mol. The number of amides is 2. The van der Waals surface area contributed by atoms with Crippen molar-refractivity contribution >= 4 is 23.1 Å². The van der Waals surface area contributed by atoms with E-state index in [9.17, 15) is 27.9 Å². The zero-order valence-corrected chi connectivity index (χ0v) is 13.0. The molecule has 0 radical (unpaired) electrons. The van der Waals surface area contributed by atoms with Crippen molar-refractivity contribution in [3.05, 3.63) is 71.0 Å². The van der Waals surface area contributed by atoms with E-state index >= 15 is 0 Å². The van der Waals surface area contributed by atoms with Gasteiger partial charge in [0.2, 0.25) is 0 Å². The molecule has 0 aromatic heterocycles. The van der Waals surface area contributed by atoms with Crippen LogP contribution in [-0.2, 0) is 15.8 Å². The minimum absolute atomic E-state index is 0.234. The molecule has 4 nitrogen and oxygen atoms in total. The summed E-state index contributed by atoms with van der Waals surface area (Å²) in [7, 11) is 0. The summed E-state index contributed by atoms with van der Waals surface area (Å²) in [6.45, 7) is 1.83. The molecule has 1 aliphatic heterocycles. The van der Waals surface area contributed by atoms with Crippen molar-refractivity contribution in [3.8, 4) is 0 Å². The second-order valence-corrected chi connectivity index (χ2v) is 5.58. The van der Waals surface area contributed by atoms with E-state index in [2.05, 4.69) is 0 Å². The van der Waals surface area contributed by atoms with Crippen molar-refractivity contribution in [2.75, 3.05) is 4.90 Å². The number of halogens is 3. The monoisotopic (exact) mass is 347 g/mol. The molecule has 2 aromatic carbocycles. The number of alkyl halides is 3. The Morgan fingerprint density at radius 1 is 0.960 bits per heavy atom. The first-order valence-electron chi connectivity index (χ1n) is 7.26. The Morgan fingerprint density at radius 3 is 2.20 bits per heavy atom. The highest BCUT2D eigenvalue weighted by molar-refractivity contribution is 6.44. The van der Waals surface area contributed by atoms with Crippen LogP contribution in [-0.4, -0.2) is 16.9 Å². The lowest BCUT2D eigenvalue weighted by molar-refractivity contribution is -0.137. The number of hydrogen-bond acceptors (Lipinski definition) is 3. The summed E-state index contributed by atoms with van der Waals surface area (Å²) in [6, 6.07) is 10.3. The van der Waals surface area contributed by atoms with E-state index < -0.39 is 29.3 Å². The number of hydrogen-bond donors (Lipinski definition) is 1. The van der Waals surface area contributed by atoms with Crippen LogP contribution in [0.4, 0.5) is 18.9 Å². The van der Waals surface area contributed by atoms with Gasteiger partial charge in [-0.2, -0.15) is 13.2 Å². The molecular formula is C18H12F3NO3. The Morgan fingerprint density at radius 2 is 1.60 bits per heavy atom. The summed E-state index contributed by atoms with van der Waals surface area (Å²) in [5, 5.41) is 10.1. The van der Waals surface area contributed by atoms with E-state index in [1.54, 1.807) is 24.3 Å². The fourth-order valence-corrected chi connectivity index (χ4v) is 2.55. The summed E-state index contributed by atoms with van der Waals surface area (Å²) >= 11 is 0. The van der Waals surface area contributed by atoms with Gasteiger partial charge in [-0.15, -0.1) is 0 Å². The molecule has 0 fully saturated rings. The Labute approximate surface area is 140 Å². The van der Waals surface area contributed by atoms with Crippen LogP contribution in [0.5, 0.6) is 0 Å². The van der Waals surface area contributed by atoms with Crippen LogP contribution in [0.25, 0.3) is 5.57 Å². The van der Waals surface area contributed by atoms with Crippen LogP contribution in [0.15, 0.2) is 54.3 Å². The third-order valence-corrected chi connectivity index (χ3v) is 3.83. The van der Waals surface area contributed by atoms with E-state index in [1.807, 2.05) is 6.92 Å². The van der Waals surface area contributed by atoms with Gasteiger partial charge in [-0.1, -0.05) is 35.9 Å². The van der Waals surface area contributed by atoms with Crippen molar-refractivity contribution < 1.29 is 27.9 Å². The molecule has 128 valence electrons. The third kappa shape index (κ3) is 2.88. The highest BCUT2D eigenvalue weighted by Gasteiger charge is 2.41. The fraction of sp³-hybridized carbons (Fsp3) is 0.111. The number of anilines is 1. The number of rotatable bonds is 2. The van der Waals surface area contributed by atoms with E-state index in [0.717, 1.165) is 17.7 Å². The van der Waals surface area contributed by atoms with Crippen LogP contribution in [0, 0.1) is 6.92 Å². The maximum absolute atomic E-state index is 12.9. The van der Waals surface area contributed by atoms with E-state index in [-0.39, 0.29) is 11.3 Å². The molecule has 7 heteroatoms. The van der Waals surface area contributed by atoms with Gasteiger partial charge in [0.1, 0.15) is 0 Å². The second-order valence-electron chi connectivity index (χ2n) is 5.58. The zero-order chi connectivity index (χ0) is 18.4. The molecule has 1 heterocycles. The number of aliphatic hydroxyl groups excluding tert-OH is 1. The van der Waals surface area contributed by atoms with Crippen molar-refractivity contribution in [1.29, 1.82) is 0 Å². The molecule has 0 saturated heterocycles. The topological polar surface area (TPSA) is 57.6 Å². The molecule has 0 bridgehead atoms. The molecule has 1 aliphatic rings. The smallest absolute Gasteiger partial charge is 0.416 e. The molecule has 3 rings (SSSR count). The molecule has 0 atom stereocenters. The third-order valence-electron chi connectivity index (χ3n) is 3.83. The van der Waals surface area contributed by atoms with Crippen LogP contribution < -0.4 is 4.90 Å². The van der Waals surface area contributed by atoms with Crippen LogP contribution >= 0.6 is 0 Å². The molecule has 2 amide bonds. The summed E-state index contributed by atoms with van der Waals surface area (Å²) in [6.07, 6.45) is -4.61. The lowest BCUT2D eigenvalue weighted by Gasteiger charge is -2.16. The first-order valence-corrected chi connectivity index (χ1v) is 7.26. The van der Waals surface area contributed by atoms with Gasteiger partial charge in [-0.3, -0.25) is 9.59 Å². The quantitative estimate of drug-likeness (QED) is 0.840. The molecule has 0 spiro atoms. The van der Waals surface area contributed by atoms with Crippen molar-refractivity contribution in [3.63, 3.8) is 0 Å². The van der Waals surface area contributed by atoms with Crippen molar-refractivity contribution in [2.24, 2.45) is 0 Å². The second kappa shape index (κ2) is 5.77. The first-order chi connectivity index (χ1) is 11.7. The van der Waals surface area contributed by atoms with Gasteiger partial charge < -0.3 is 5.11 Å². The van der Waals surface area contributed by atoms with E-state index in [4.69, 9.17) is 0 Å². The summed E-state index contributed by atoms with van der Waals surface area (Å²) in [4.78, 5) is 25.4. The minimum atomic E-state index is -4.61. The summed E-state index contributed by atoms with van der Waals surface area (Å²) in [5.41, 5.74) is -0.249. The van der Waals surface area contributed by atoms with Crippen LogP contribution in [0.1, 0.15) is 16.7 Å². The molecule has 0 saturated carbocycles. The van der Waals surface area contributed by atoms with Crippen molar-refractivity contribution in [1.82, 2.24) is 0 Å². The average Bonchev–Trinajstić information content (AvgIpc) is 2.78. The lowest BCUT2D eigenvalue weighted by Crippen LogP contribution is -2.31. The van der Waals surface area contributed by atoms with Gasteiger partial charge in [0, 0.05) is 0 Å². The standard InChI is InChI=1S/C18H12F3NO3/c1-10-5-7-11(8-6-10)14-15(23)17(25)22(16(14)24)13-4-2-3-12(9-13)18(19,20)21/h2-9,23H,1H3. The molecular weight excluding hydrogens is 335 g/mol. The lowest BCUT2D eigenvalue weighted by atomic mass is 10.0. The number of imide groups is 1.